The molecular formula is C21H22N2O2S2. The number of ether oxygens (including phenoxy) is 1. The number of carbonyl (C=O) groups excluding carboxylic acids is 1. The van der Waals surface area contributed by atoms with Gasteiger partial charge < -0.3 is 4.74 Å². The fourth-order valence-electron chi connectivity index (χ4n) is 2.54. The second-order valence-corrected chi connectivity index (χ2v) is 8.16. The molecule has 1 amide bonds. The van der Waals surface area contributed by atoms with Crippen LogP contribution in [-0.4, -0.2) is 35.4 Å². The lowest BCUT2D eigenvalue weighted by molar-refractivity contribution is -0.121. The molecular weight excluding hydrogens is 376 g/mol. The van der Waals surface area contributed by atoms with Crippen molar-refractivity contribution >= 4 is 46.4 Å². The van der Waals surface area contributed by atoms with Crippen molar-refractivity contribution in [3.63, 3.8) is 0 Å². The summed E-state index contributed by atoms with van der Waals surface area (Å²) < 4.78 is 5.85. The topological polar surface area (TPSA) is 41.9 Å². The Hall–Kier alpha value is -2.18. The van der Waals surface area contributed by atoms with Crippen molar-refractivity contribution in [1.29, 1.82) is 0 Å². The molecule has 4 nitrogen and oxygen atoms in total. The number of hydrogen-bond acceptors (Lipinski definition) is 5. The van der Waals surface area contributed by atoms with Gasteiger partial charge in [-0.15, -0.1) is 11.8 Å². The van der Waals surface area contributed by atoms with Gasteiger partial charge in [0.15, 0.2) is 5.17 Å². The molecule has 1 fully saturated rings. The average molecular weight is 399 g/mol. The molecule has 1 heterocycles. The van der Waals surface area contributed by atoms with E-state index in [1.54, 1.807) is 23.7 Å². The summed E-state index contributed by atoms with van der Waals surface area (Å²) in [6.07, 6.45) is 3.98. The Morgan fingerprint density at radius 1 is 1.19 bits per heavy atom. The lowest BCUT2D eigenvalue weighted by Gasteiger charge is -2.12. The molecule has 0 spiro atoms. The minimum atomic E-state index is -0.0564. The maximum absolute atomic E-state index is 12.7. The van der Waals surface area contributed by atoms with Gasteiger partial charge in [-0.1, -0.05) is 24.3 Å². The van der Waals surface area contributed by atoms with Gasteiger partial charge in [0.2, 0.25) is 0 Å². The lowest BCUT2D eigenvalue weighted by Crippen LogP contribution is -2.23. The van der Waals surface area contributed by atoms with E-state index in [2.05, 4.69) is 4.99 Å². The first-order valence-electron chi connectivity index (χ1n) is 8.64. The number of nitrogens with zero attached hydrogens (tertiary/aromatic N) is 2. The first kappa shape index (κ1) is 19.6. The van der Waals surface area contributed by atoms with E-state index >= 15 is 0 Å². The van der Waals surface area contributed by atoms with Crippen molar-refractivity contribution in [2.45, 2.75) is 24.8 Å². The third-order valence-electron chi connectivity index (χ3n) is 3.85. The number of amidine groups is 1. The van der Waals surface area contributed by atoms with Gasteiger partial charge in [-0.3, -0.25) is 9.69 Å². The molecule has 0 N–H and O–H groups in total. The quantitative estimate of drug-likeness (QED) is 0.497. The highest BCUT2D eigenvalue weighted by atomic mass is 32.2. The van der Waals surface area contributed by atoms with Gasteiger partial charge in [0.05, 0.1) is 16.7 Å². The minimum Gasteiger partial charge on any atom is -0.490 e. The molecule has 6 heteroatoms. The van der Waals surface area contributed by atoms with Crippen LogP contribution < -0.4 is 4.74 Å². The molecule has 0 radical (unpaired) electrons. The number of rotatable bonds is 5. The molecule has 0 unspecified atom stereocenters. The zero-order chi connectivity index (χ0) is 19.4. The first-order valence-corrected chi connectivity index (χ1v) is 10.7. The van der Waals surface area contributed by atoms with Gasteiger partial charge >= 0.3 is 0 Å². The molecule has 2 aromatic rings. The maximum atomic E-state index is 12.7. The zero-order valence-corrected chi connectivity index (χ0v) is 17.4. The highest BCUT2D eigenvalue weighted by molar-refractivity contribution is 8.18. The van der Waals surface area contributed by atoms with Crippen LogP contribution in [0.4, 0.5) is 5.69 Å². The van der Waals surface area contributed by atoms with E-state index < -0.39 is 0 Å². The Balaban J connectivity index is 1.90. The number of amides is 1. The molecule has 140 valence electrons. The Morgan fingerprint density at radius 2 is 1.96 bits per heavy atom. The van der Waals surface area contributed by atoms with Gasteiger partial charge in [-0.2, -0.15) is 0 Å². The Labute approximate surface area is 168 Å². The monoisotopic (exact) mass is 398 g/mol. The van der Waals surface area contributed by atoms with Gasteiger partial charge in [-0.05, 0) is 62.2 Å². The third kappa shape index (κ3) is 4.76. The van der Waals surface area contributed by atoms with E-state index in [0.29, 0.717) is 10.1 Å². The summed E-state index contributed by atoms with van der Waals surface area (Å²) in [5, 5.41) is 0.673. The van der Waals surface area contributed by atoms with Crippen molar-refractivity contribution in [3.8, 4) is 5.75 Å². The second-order valence-electron chi connectivity index (χ2n) is 6.28. The number of para-hydroxylation sites is 1. The maximum Gasteiger partial charge on any atom is 0.266 e. The van der Waals surface area contributed by atoms with Crippen LogP contribution in [0, 0.1) is 0 Å². The number of benzene rings is 2. The molecule has 3 rings (SSSR count). The predicted octanol–water partition coefficient (Wildman–Crippen LogP) is 5.43. The fourth-order valence-corrected chi connectivity index (χ4v) is 3.98. The number of carbonyl (C=O) groups is 1. The summed E-state index contributed by atoms with van der Waals surface area (Å²) in [5.41, 5.74) is 1.73. The van der Waals surface area contributed by atoms with E-state index in [1.807, 2.05) is 74.7 Å². The highest BCUT2D eigenvalue weighted by Gasteiger charge is 2.30. The van der Waals surface area contributed by atoms with Crippen molar-refractivity contribution in [3.05, 3.63) is 59.0 Å². The van der Waals surface area contributed by atoms with E-state index in [9.17, 15) is 4.79 Å². The molecule has 0 aromatic heterocycles. The van der Waals surface area contributed by atoms with Gasteiger partial charge in [0.1, 0.15) is 5.75 Å². The summed E-state index contributed by atoms with van der Waals surface area (Å²) >= 11 is 3.05. The van der Waals surface area contributed by atoms with Gasteiger partial charge in [0.25, 0.3) is 5.91 Å². The molecule has 0 saturated carbocycles. The van der Waals surface area contributed by atoms with Crippen LogP contribution in [-0.2, 0) is 4.79 Å². The summed E-state index contributed by atoms with van der Waals surface area (Å²) in [6.45, 7) is 3.97. The standard InChI is InChI=1S/C21H22N2O2S2/c1-14(2)25-18-11-6-5-8-15(18)12-19-20(24)23(3)21(27-19)22-16-9-7-10-17(13-16)26-4/h5-14H,1-4H3/b19-12+,22-21?. The average Bonchev–Trinajstić information content (AvgIpc) is 2.91. The van der Waals surface area contributed by atoms with Crippen LogP contribution in [0.5, 0.6) is 5.75 Å². The SMILES string of the molecule is CSc1cccc(N=C2S/C(=C/c3ccccc3OC(C)C)C(=O)N2C)c1. The van der Waals surface area contributed by atoms with Crippen molar-refractivity contribution in [2.24, 2.45) is 4.99 Å². The number of thioether (sulfide) groups is 2. The number of likely N-dealkylation sites (N-methyl/N-ethyl adjacent to an activating group) is 1. The molecule has 0 aliphatic carbocycles. The Bertz CT molecular complexity index is 907. The summed E-state index contributed by atoms with van der Waals surface area (Å²) in [6, 6.07) is 15.7. The molecule has 1 aliphatic rings. The van der Waals surface area contributed by atoms with Crippen molar-refractivity contribution in [2.75, 3.05) is 13.3 Å². The molecule has 0 atom stereocenters. The third-order valence-corrected chi connectivity index (χ3v) is 5.64. The smallest absolute Gasteiger partial charge is 0.266 e. The summed E-state index contributed by atoms with van der Waals surface area (Å²) in [5.74, 6) is 0.716. The number of hydrogen-bond donors (Lipinski definition) is 0. The first-order chi connectivity index (χ1) is 13.0. The van der Waals surface area contributed by atoms with Crippen LogP contribution in [0.2, 0.25) is 0 Å². The van der Waals surface area contributed by atoms with E-state index in [4.69, 9.17) is 4.74 Å². The fraction of sp³-hybridized carbons (Fsp3) is 0.238. The molecule has 1 aliphatic heterocycles. The molecule has 2 aromatic carbocycles. The second kappa shape index (κ2) is 8.67. The van der Waals surface area contributed by atoms with Gasteiger partial charge in [-0.25, -0.2) is 4.99 Å². The Kier molecular flexibility index (Phi) is 6.29. The molecule has 27 heavy (non-hydrogen) atoms. The predicted molar refractivity (Wildman–Crippen MR) is 116 cm³/mol. The van der Waals surface area contributed by atoms with Gasteiger partial charge in [0, 0.05) is 17.5 Å². The largest absolute Gasteiger partial charge is 0.490 e. The van der Waals surface area contributed by atoms with Crippen LogP contribution in [0.25, 0.3) is 6.08 Å². The van der Waals surface area contributed by atoms with Crippen molar-refractivity contribution < 1.29 is 9.53 Å². The number of aliphatic imine (C=N–C) groups is 1. The summed E-state index contributed by atoms with van der Waals surface area (Å²) in [4.78, 5) is 20.7. The van der Waals surface area contributed by atoms with Crippen LogP contribution in [0.3, 0.4) is 0 Å². The van der Waals surface area contributed by atoms with Crippen LogP contribution >= 0.6 is 23.5 Å². The van der Waals surface area contributed by atoms with Crippen LogP contribution in [0.1, 0.15) is 19.4 Å². The van der Waals surface area contributed by atoms with Crippen LogP contribution in [0.15, 0.2) is 63.3 Å². The van der Waals surface area contributed by atoms with E-state index in [-0.39, 0.29) is 12.0 Å². The lowest BCUT2D eigenvalue weighted by atomic mass is 10.2. The zero-order valence-electron chi connectivity index (χ0n) is 15.8. The highest BCUT2D eigenvalue weighted by Crippen LogP contribution is 2.35. The minimum absolute atomic E-state index is 0.0564. The van der Waals surface area contributed by atoms with E-state index in [1.165, 1.54) is 11.8 Å². The van der Waals surface area contributed by atoms with Crippen molar-refractivity contribution in [1.82, 2.24) is 4.90 Å². The normalized spacial score (nSPS) is 17.4. The van der Waals surface area contributed by atoms with E-state index in [0.717, 1.165) is 21.9 Å². The summed E-state index contributed by atoms with van der Waals surface area (Å²) in [7, 11) is 1.75. The Morgan fingerprint density at radius 3 is 2.70 bits per heavy atom. The molecule has 1 saturated heterocycles. The molecule has 0 bridgehead atoms.